The molecule has 3 nitrogen and oxygen atoms in total. The fourth-order valence-electron chi connectivity index (χ4n) is 8.28. The molecule has 0 amide bonds. The molecule has 1 N–H and O–H groups in total. The number of nitrogens with one attached hydrogen (secondary N) is 1. The van der Waals surface area contributed by atoms with Gasteiger partial charge in [-0.05, 0) is 80.3 Å². The Morgan fingerprint density at radius 1 is 0.609 bits per heavy atom. The molecule has 1 heterocycles. The first-order valence-electron chi connectivity index (χ1n) is 16.5. The Labute approximate surface area is 271 Å². The lowest BCUT2D eigenvalue weighted by molar-refractivity contribution is 0.607. The van der Waals surface area contributed by atoms with E-state index in [9.17, 15) is 0 Å². The van der Waals surface area contributed by atoms with Crippen molar-refractivity contribution in [1.82, 2.24) is 5.32 Å². The van der Waals surface area contributed by atoms with Crippen LogP contribution in [-0.2, 0) is 10.8 Å². The van der Waals surface area contributed by atoms with Crippen LogP contribution in [0.5, 0.6) is 0 Å². The summed E-state index contributed by atoms with van der Waals surface area (Å²) in [6.07, 6.45) is 6.53. The molecule has 5 aromatic carbocycles. The number of aliphatic imine (C=N–C) groups is 2. The van der Waals surface area contributed by atoms with Gasteiger partial charge >= 0.3 is 0 Å². The van der Waals surface area contributed by atoms with Crippen LogP contribution in [0.1, 0.15) is 85.6 Å². The molecular formula is C43H37N3. The summed E-state index contributed by atoms with van der Waals surface area (Å²) >= 11 is 0. The fourth-order valence-corrected chi connectivity index (χ4v) is 8.28. The van der Waals surface area contributed by atoms with E-state index in [1.165, 1.54) is 49.7 Å². The van der Waals surface area contributed by atoms with Crippen LogP contribution in [0, 0.1) is 0 Å². The predicted molar refractivity (Wildman–Crippen MR) is 192 cm³/mol. The van der Waals surface area contributed by atoms with Crippen LogP contribution in [0.15, 0.2) is 131 Å². The van der Waals surface area contributed by atoms with Crippen LogP contribution < -0.4 is 5.32 Å². The second-order valence-electron chi connectivity index (χ2n) is 14.2. The van der Waals surface area contributed by atoms with E-state index in [1.807, 2.05) is 0 Å². The molecule has 1 aliphatic heterocycles. The summed E-state index contributed by atoms with van der Waals surface area (Å²) in [7, 11) is 0. The molecule has 0 fully saturated rings. The zero-order valence-electron chi connectivity index (χ0n) is 26.9. The van der Waals surface area contributed by atoms with E-state index in [1.54, 1.807) is 5.57 Å². The number of hydrogen-bond acceptors (Lipinski definition) is 3. The summed E-state index contributed by atoms with van der Waals surface area (Å²) in [6, 6.07) is 37.7. The third-order valence-corrected chi connectivity index (χ3v) is 10.8. The van der Waals surface area contributed by atoms with E-state index in [0.29, 0.717) is 0 Å². The number of nitrogens with zero attached hydrogens (tertiary/aromatic N) is 2. The third kappa shape index (κ3) is 3.97. The van der Waals surface area contributed by atoms with Gasteiger partial charge in [-0.3, -0.25) is 0 Å². The summed E-state index contributed by atoms with van der Waals surface area (Å²) in [6.45, 7) is 9.42. The van der Waals surface area contributed by atoms with Crippen molar-refractivity contribution in [3.05, 3.63) is 160 Å². The van der Waals surface area contributed by atoms with Gasteiger partial charge in [0.15, 0.2) is 6.17 Å². The number of benzene rings is 5. The van der Waals surface area contributed by atoms with Gasteiger partial charge in [-0.25, -0.2) is 9.98 Å². The zero-order chi connectivity index (χ0) is 31.2. The van der Waals surface area contributed by atoms with Crippen LogP contribution in [0.2, 0.25) is 0 Å². The lowest BCUT2D eigenvalue weighted by Crippen LogP contribution is -2.36. The molecule has 0 radical (unpaired) electrons. The quantitative estimate of drug-likeness (QED) is 0.221. The molecular weight excluding hydrogens is 558 g/mol. The Kier molecular flexibility index (Phi) is 5.78. The molecule has 46 heavy (non-hydrogen) atoms. The highest BCUT2D eigenvalue weighted by atomic mass is 15.2. The number of amidine groups is 2. The highest BCUT2D eigenvalue weighted by molar-refractivity contribution is 6.17. The van der Waals surface area contributed by atoms with Crippen LogP contribution in [0.3, 0.4) is 0 Å². The van der Waals surface area contributed by atoms with Crippen LogP contribution >= 0.6 is 0 Å². The van der Waals surface area contributed by atoms with Crippen molar-refractivity contribution < 1.29 is 0 Å². The number of fused-ring (bicyclic) bond motifs is 6. The number of rotatable bonds is 3. The number of hydrogen-bond donors (Lipinski definition) is 1. The molecule has 3 aliphatic carbocycles. The average molecular weight is 596 g/mol. The Bertz CT molecular complexity index is 2240. The number of allylic oxidation sites excluding steroid dienone is 4. The molecule has 9 rings (SSSR count). The lowest BCUT2D eigenvalue weighted by atomic mass is 9.78. The highest BCUT2D eigenvalue weighted by Gasteiger charge is 2.38. The van der Waals surface area contributed by atoms with E-state index >= 15 is 0 Å². The van der Waals surface area contributed by atoms with Crippen molar-refractivity contribution in [2.24, 2.45) is 9.98 Å². The third-order valence-electron chi connectivity index (χ3n) is 10.8. The Morgan fingerprint density at radius 2 is 1.28 bits per heavy atom. The summed E-state index contributed by atoms with van der Waals surface area (Å²) < 4.78 is 0. The van der Waals surface area contributed by atoms with E-state index in [0.717, 1.165) is 41.2 Å². The molecule has 5 aromatic rings. The predicted octanol–water partition coefficient (Wildman–Crippen LogP) is 10.0. The van der Waals surface area contributed by atoms with Crippen molar-refractivity contribution in [3.63, 3.8) is 0 Å². The van der Waals surface area contributed by atoms with E-state index < -0.39 is 0 Å². The molecule has 0 aromatic heterocycles. The first-order valence-corrected chi connectivity index (χ1v) is 16.5. The lowest BCUT2D eigenvalue weighted by Gasteiger charge is -2.27. The maximum Gasteiger partial charge on any atom is 0.169 e. The van der Waals surface area contributed by atoms with Gasteiger partial charge in [-0.15, -0.1) is 0 Å². The Balaban J connectivity index is 1.17. The van der Waals surface area contributed by atoms with Crippen molar-refractivity contribution in [2.45, 2.75) is 57.5 Å². The summed E-state index contributed by atoms with van der Waals surface area (Å²) in [5, 5.41) is 6.11. The molecule has 0 bridgehead atoms. The van der Waals surface area contributed by atoms with Crippen molar-refractivity contribution in [2.75, 3.05) is 0 Å². The van der Waals surface area contributed by atoms with Gasteiger partial charge in [-0.2, -0.15) is 0 Å². The molecule has 0 saturated heterocycles. The monoisotopic (exact) mass is 595 g/mol. The van der Waals surface area contributed by atoms with Crippen molar-refractivity contribution >= 4 is 28.0 Å². The van der Waals surface area contributed by atoms with E-state index in [4.69, 9.17) is 9.98 Å². The van der Waals surface area contributed by atoms with Crippen LogP contribution in [-0.4, -0.2) is 11.7 Å². The summed E-state index contributed by atoms with van der Waals surface area (Å²) in [5.41, 5.74) is 14.3. The second-order valence-corrected chi connectivity index (χ2v) is 14.2. The fraction of sp³-hybridized carbons (Fsp3) is 0.209. The molecule has 1 atom stereocenters. The normalized spacial score (nSPS) is 20.0. The van der Waals surface area contributed by atoms with E-state index in [2.05, 4.69) is 148 Å². The minimum Gasteiger partial charge on any atom is -0.324 e. The largest absolute Gasteiger partial charge is 0.324 e. The SMILES string of the molecule is CC1(C)C2=C(C=CCC2)c2ccc(C3=NC(c4ccc5c(c4)C(C)(C)c4ccccc4-5)N=C(c4ccc5ccccc5c4)N3)cc21. The molecule has 0 spiro atoms. The van der Waals surface area contributed by atoms with Gasteiger partial charge in [0.1, 0.15) is 11.7 Å². The molecule has 4 aliphatic rings. The maximum atomic E-state index is 5.34. The molecule has 1 unspecified atom stereocenters. The highest BCUT2D eigenvalue weighted by Crippen LogP contribution is 2.51. The Morgan fingerprint density at radius 3 is 2.13 bits per heavy atom. The zero-order valence-corrected chi connectivity index (χ0v) is 26.9. The standard InChI is InChI=1S/C43H37N3/c1-42(2)35-15-9-7-13-31(35)33-21-19-29(24-37(33)42)40-44-39(28-18-17-26-11-5-6-12-27(26)23-28)45-41(46-40)30-20-22-34-32-14-8-10-16-36(32)43(3,4)38(34)25-30/h5-9,11-15,17-25,40H,10,16H2,1-4H3,(H,44,45,46). The van der Waals surface area contributed by atoms with Gasteiger partial charge in [0, 0.05) is 22.0 Å². The van der Waals surface area contributed by atoms with E-state index in [-0.39, 0.29) is 17.0 Å². The van der Waals surface area contributed by atoms with Crippen LogP contribution in [0.4, 0.5) is 0 Å². The summed E-state index contributed by atoms with van der Waals surface area (Å²) in [4.78, 5) is 10.6. The van der Waals surface area contributed by atoms with Gasteiger partial charge < -0.3 is 5.32 Å². The van der Waals surface area contributed by atoms with Crippen molar-refractivity contribution in [3.8, 4) is 11.1 Å². The smallest absolute Gasteiger partial charge is 0.169 e. The molecule has 3 heteroatoms. The van der Waals surface area contributed by atoms with Crippen molar-refractivity contribution in [1.29, 1.82) is 0 Å². The topological polar surface area (TPSA) is 36.8 Å². The minimum atomic E-state index is -0.363. The van der Waals surface area contributed by atoms with Crippen LogP contribution in [0.25, 0.3) is 27.5 Å². The maximum absolute atomic E-state index is 5.34. The van der Waals surface area contributed by atoms with Gasteiger partial charge in [-0.1, -0.05) is 136 Å². The molecule has 224 valence electrons. The van der Waals surface area contributed by atoms with Gasteiger partial charge in [0.05, 0.1) is 0 Å². The first kappa shape index (κ1) is 27.3. The minimum absolute atomic E-state index is 0.00407. The van der Waals surface area contributed by atoms with Gasteiger partial charge in [0.25, 0.3) is 0 Å². The second kappa shape index (κ2) is 9.74. The Hall–Kier alpha value is -5.02. The molecule has 0 saturated carbocycles. The average Bonchev–Trinajstić information content (AvgIpc) is 3.47. The van der Waals surface area contributed by atoms with Gasteiger partial charge in [0.2, 0.25) is 0 Å². The first-order chi connectivity index (χ1) is 22.3. The summed E-state index contributed by atoms with van der Waals surface area (Å²) in [5.74, 6) is 1.72.